The molecule has 0 spiro atoms. The lowest BCUT2D eigenvalue weighted by Crippen LogP contribution is -2.46. The van der Waals surface area contributed by atoms with Crippen molar-refractivity contribution < 1.29 is 45.5 Å². The number of primary amides is 1. The molecule has 0 heterocycles. The van der Waals surface area contributed by atoms with E-state index in [4.69, 9.17) is 5.73 Å². The van der Waals surface area contributed by atoms with Gasteiger partial charge >= 0.3 is 18.3 Å². The van der Waals surface area contributed by atoms with Crippen LogP contribution in [0.25, 0.3) is 0 Å². The summed E-state index contributed by atoms with van der Waals surface area (Å²) in [7, 11) is 0. The lowest BCUT2D eigenvalue weighted by Gasteiger charge is -2.17. The average molecular weight is 400 g/mol. The third-order valence-electron chi connectivity index (χ3n) is 3.17. The van der Waals surface area contributed by atoms with Crippen LogP contribution in [0, 0.1) is 0 Å². The van der Waals surface area contributed by atoms with Gasteiger partial charge in [0.15, 0.2) is 0 Å². The van der Waals surface area contributed by atoms with Crippen molar-refractivity contribution in [1.82, 2.24) is 5.32 Å². The van der Waals surface area contributed by atoms with E-state index in [9.17, 15) is 40.7 Å². The number of benzene rings is 1. The molecule has 12 heteroatoms. The van der Waals surface area contributed by atoms with E-state index in [-0.39, 0.29) is 24.8 Å². The second-order valence-corrected chi connectivity index (χ2v) is 5.23. The molecular formula is C15H14F6N2O4. The van der Waals surface area contributed by atoms with Crippen molar-refractivity contribution in [2.24, 2.45) is 5.73 Å². The van der Waals surface area contributed by atoms with E-state index in [0.29, 0.717) is 0 Å². The molecule has 6 nitrogen and oxygen atoms in total. The van der Waals surface area contributed by atoms with Crippen LogP contribution in [0.3, 0.4) is 0 Å². The molecule has 0 saturated heterocycles. The number of rotatable bonds is 6. The Kier molecular flexibility index (Phi) is 6.81. The van der Waals surface area contributed by atoms with Crippen molar-refractivity contribution in [2.75, 3.05) is 6.61 Å². The van der Waals surface area contributed by atoms with Crippen LogP contribution < -0.4 is 11.1 Å². The molecule has 0 fully saturated rings. The second kappa shape index (κ2) is 8.27. The molecule has 150 valence electrons. The van der Waals surface area contributed by atoms with E-state index in [1.807, 2.05) is 5.32 Å². The topological polar surface area (TPSA) is 98.5 Å². The van der Waals surface area contributed by atoms with Crippen LogP contribution in [-0.4, -0.2) is 30.4 Å². The number of hydrogen-bond acceptors (Lipinski definition) is 4. The highest BCUT2D eigenvalue weighted by Crippen LogP contribution is 2.36. The Bertz CT molecular complexity index is 698. The third-order valence-corrected chi connectivity index (χ3v) is 3.17. The normalized spacial score (nSPS) is 13.0. The van der Waals surface area contributed by atoms with Gasteiger partial charge in [-0.05, 0) is 25.1 Å². The van der Waals surface area contributed by atoms with E-state index in [0.717, 1.165) is 0 Å². The monoisotopic (exact) mass is 400 g/mol. The highest BCUT2D eigenvalue weighted by Gasteiger charge is 2.37. The zero-order valence-corrected chi connectivity index (χ0v) is 13.7. The fourth-order valence-electron chi connectivity index (χ4n) is 1.94. The van der Waals surface area contributed by atoms with Crippen LogP contribution in [0.4, 0.5) is 26.3 Å². The van der Waals surface area contributed by atoms with Crippen LogP contribution in [0.2, 0.25) is 0 Å². The molecule has 1 aromatic rings. The van der Waals surface area contributed by atoms with Crippen molar-refractivity contribution in [3.05, 3.63) is 34.9 Å². The molecule has 0 saturated carbocycles. The van der Waals surface area contributed by atoms with Crippen LogP contribution >= 0.6 is 0 Å². The van der Waals surface area contributed by atoms with Crippen molar-refractivity contribution in [3.63, 3.8) is 0 Å². The predicted molar refractivity (Wildman–Crippen MR) is 78.1 cm³/mol. The first kappa shape index (κ1) is 22.3. The number of ether oxygens (including phenoxy) is 1. The Hall–Kier alpha value is -2.79. The standard InChI is InChI=1S/C15H14F6N2O4/c1-2-27-11(24)6-10(12(22)25)23-13(26)7-3-8(14(16,17)18)5-9(4-7)15(19,20)21/h3-5,10H,2,6H2,1H3,(H2,22,25)(H,23,26)/t10-/m0/s1. The van der Waals surface area contributed by atoms with Gasteiger partial charge in [-0.2, -0.15) is 26.3 Å². The van der Waals surface area contributed by atoms with Crippen molar-refractivity contribution in [1.29, 1.82) is 0 Å². The minimum absolute atomic E-state index is 0.0547. The Morgan fingerprint density at radius 3 is 1.89 bits per heavy atom. The Balaban J connectivity index is 3.20. The number of alkyl halides is 6. The van der Waals surface area contributed by atoms with Gasteiger partial charge in [0.2, 0.25) is 5.91 Å². The van der Waals surface area contributed by atoms with E-state index in [2.05, 4.69) is 4.74 Å². The quantitative estimate of drug-likeness (QED) is 0.565. The van der Waals surface area contributed by atoms with Gasteiger partial charge in [0, 0.05) is 5.56 Å². The molecule has 0 bridgehead atoms. The van der Waals surface area contributed by atoms with Gasteiger partial charge in [0.25, 0.3) is 5.91 Å². The molecule has 0 radical (unpaired) electrons. The van der Waals surface area contributed by atoms with Crippen LogP contribution in [0.5, 0.6) is 0 Å². The fraction of sp³-hybridized carbons (Fsp3) is 0.400. The Morgan fingerprint density at radius 1 is 1.04 bits per heavy atom. The lowest BCUT2D eigenvalue weighted by molar-refractivity contribution is -0.145. The molecule has 1 atom stereocenters. The smallest absolute Gasteiger partial charge is 0.416 e. The summed E-state index contributed by atoms with van der Waals surface area (Å²) < 4.78 is 81.4. The number of carbonyl (C=O) groups excluding carboxylic acids is 3. The fourth-order valence-corrected chi connectivity index (χ4v) is 1.94. The molecule has 1 rings (SSSR count). The van der Waals surface area contributed by atoms with Crippen molar-refractivity contribution in [2.45, 2.75) is 31.7 Å². The van der Waals surface area contributed by atoms with Crippen molar-refractivity contribution >= 4 is 17.8 Å². The van der Waals surface area contributed by atoms with Crippen LogP contribution in [-0.2, 0) is 26.7 Å². The molecule has 27 heavy (non-hydrogen) atoms. The van der Waals surface area contributed by atoms with Gasteiger partial charge in [-0.15, -0.1) is 0 Å². The first-order chi connectivity index (χ1) is 12.3. The average Bonchev–Trinajstić information content (AvgIpc) is 2.52. The zero-order valence-electron chi connectivity index (χ0n) is 13.7. The summed E-state index contributed by atoms with van der Waals surface area (Å²) >= 11 is 0. The molecule has 0 aliphatic rings. The number of nitrogens with two attached hydrogens (primary N) is 1. The van der Waals surface area contributed by atoms with Gasteiger partial charge in [-0.3, -0.25) is 14.4 Å². The van der Waals surface area contributed by atoms with E-state index < -0.39 is 59.3 Å². The van der Waals surface area contributed by atoms with Crippen molar-refractivity contribution in [3.8, 4) is 0 Å². The third kappa shape index (κ3) is 6.46. The molecule has 0 aliphatic carbocycles. The van der Waals surface area contributed by atoms with Gasteiger partial charge in [0.1, 0.15) is 6.04 Å². The molecule has 3 N–H and O–H groups in total. The van der Waals surface area contributed by atoms with Gasteiger partial charge in [0.05, 0.1) is 24.2 Å². The number of nitrogens with one attached hydrogen (secondary N) is 1. The molecule has 1 aromatic carbocycles. The minimum atomic E-state index is -5.15. The van der Waals surface area contributed by atoms with E-state index in [1.54, 1.807) is 0 Å². The molecular weight excluding hydrogens is 386 g/mol. The van der Waals surface area contributed by atoms with E-state index in [1.165, 1.54) is 6.92 Å². The summed E-state index contributed by atoms with van der Waals surface area (Å²) in [4.78, 5) is 34.7. The van der Waals surface area contributed by atoms with Crippen LogP contribution in [0.15, 0.2) is 18.2 Å². The number of amides is 2. The first-order valence-corrected chi connectivity index (χ1v) is 7.31. The Labute approximate surface area is 148 Å². The maximum Gasteiger partial charge on any atom is 0.416 e. The SMILES string of the molecule is CCOC(=O)C[C@H](NC(=O)c1cc(C(F)(F)F)cc(C(F)(F)F)c1)C(N)=O. The Morgan fingerprint density at radius 2 is 1.52 bits per heavy atom. The molecule has 0 aromatic heterocycles. The highest BCUT2D eigenvalue weighted by molar-refractivity contribution is 5.98. The summed E-state index contributed by atoms with van der Waals surface area (Å²) in [6, 6.07) is -1.46. The summed E-state index contributed by atoms with van der Waals surface area (Å²) in [5.41, 5.74) is 0.567. The summed E-state index contributed by atoms with van der Waals surface area (Å²) in [6.07, 6.45) is -11.0. The number of halogens is 6. The summed E-state index contributed by atoms with van der Waals surface area (Å²) in [5, 5.41) is 1.83. The largest absolute Gasteiger partial charge is 0.466 e. The zero-order chi connectivity index (χ0) is 21.0. The number of hydrogen-bond donors (Lipinski definition) is 2. The molecule has 2 amide bonds. The van der Waals surface area contributed by atoms with Gasteiger partial charge in [-0.25, -0.2) is 0 Å². The van der Waals surface area contributed by atoms with Gasteiger partial charge in [-0.1, -0.05) is 0 Å². The van der Waals surface area contributed by atoms with Gasteiger partial charge < -0.3 is 15.8 Å². The second-order valence-electron chi connectivity index (χ2n) is 5.23. The maximum atomic E-state index is 12.8. The molecule has 0 aliphatic heterocycles. The number of esters is 1. The predicted octanol–water partition coefficient (Wildman–Crippen LogP) is 2.26. The number of carbonyl (C=O) groups is 3. The minimum Gasteiger partial charge on any atom is -0.466 e. The lowest BCUT2D eigenvalue weighted by atomic mass is 10.0. The van der Waals surface area contributed by atoms with Crippen LogP contribution in [0.1, 0.15) is 34.8 Å². The summed E-state index contributed by atoms with van der Waals surface area (Å²) in [5.74, 6) is -3.61. The van der Waals surface area contributed by atoms with E-state index >= 15 is 0 Å². The first-order valence-electron chi connectivity index (χ1n) is 7.31. The maximum absolute atomic E-state index is 12.8. The molecule has 0 unspecified atom stereocenters. The summed E-state index contributed by atoms with van der Waals surface area (Å²) in [6.45, 7) is 1.40. The highest BCUT2D eigenvalue weighted by atomic mass is 19.4.